The van der Waals surface area contributed by atoms with Gasteiger partial charge in [0.2, 0.25) is 0 Å². The van der Waals surface area contributed by atoms with Crippen LogP contribution in [0.15, 0.2) is 0 Å². The number of ether oxygens (including phenoxy) is 1. The van der Waals surface area contributed by atoms with Gasteiger partial charge in [-0.05, 0) is 44.8 Å². The third kappa shape index (κ3) is 2.34. The second kappa shape index (κ2) is 5.72. The molecule has 2 aliphatic carbocycles. The first kappa shape index (κ1) is 13.3. The Balaban J connectivity index is 1.59. The lowest BCUT2D eigenvalue weighted by Gasteiger charge is -2.55. The zero-order valence-corrected chi connectivity index (χ0v) is 12.4. The summed E-state index contributed by atoms with van der Waals surface area (Å²) in [4.78, 5) is 0. The van der Waals surface area contributed by atoms with Crippen LogP contribution in [0.1, 0.15) is 51.9 Å². The second-order valence-corrected chi connectivity index (χ2v) is 7.40. The van der Waals surface area contributed by atoms with Crippen molar-refractivity contribution in [2.24, 2.45) is 5.41 Å². The standard InChI is InChI=1S/C15H27NOS/c1-2-17-14-10-13(15(14)7-3-4-8-15)16-12-6-5-9-18-11-12/h12-14,16H,2-11H2,1H3. The number of thioether (sulfide) groups is 1. The quantitative estimate of drug-likeness (QED) is 0.847. The summed E-state index contributed by atoms with van der Waals surface area (Å²) in [5, 5.41) is 3.98. The third-order valence-electron chi connectivity index (χ3n) is 5.28. The lowest BCUT2D eigenvalue weighted by atomic mass is 9.60. The van der Waals surface area contributed by atoms with E-state index in [2.05, 4.69) is 24.0 Å². The molecule has 3 heteroatoms. The van der Waals surface area contributed by atoms with Crippen molar-refractivity contribution in [1.29, 1.82) is 0 Å². The normalized spacial score (nSPS) is 38.8. The average Bonchev–Trinajstić information content (AvgIpc) is 2.91. The van der Waals surface area contributed by atoms with Gasteiger partial charge < -0.3 is 10.1 Å². The van der Waals surface area contributed by atoms with E-state index in [0.717, 1.165) is 18.7 Å². The van der Waals surface area contributed by atoms with E-state index >= 15 is 0 Å². The molecule has 1 N–H and O–H groups in total. The summed E-state index contributed by atoms with van der Waals surface area (Å²) in [6.07, 6.45) is 10.2. The molecule has 104 valence electrons. The molecule has 3 rings (SSSR count). The molecule has 0 aromatic rings. The first-order valence-corrected chi connectivity index (χ1v) is 8.96. The Labute approximate surface area is 116 Å². The van der Waals surface area contributed by atoms with Crippen molar-refractivity contribution >= 4 is 11.8 Å². The number of hydrogen-bond donors (Lipinski definition) is 1. The predicted molar refractivity (Wildman–Crippen MR) is 78.2 cm³/mol. The first-order chi connectivity index (χ1) is 8.85. The van der Waals surface area contributed by atoms with Gasteiger partial charge in [-0.2, -0.15) is 11.8 Å². The molecule has 2 saturated carbocycles. The summed E-state index contributed by atoms with van der Waals surface area (Å²) in [5.74, 6) is 2.70. The van der Waals surface area contributed by atoms with Crippen LogP contribution in [0.3, 0.4) is 0 Å². The van der Waals surface area contributed by atoms with Crippen molar-refractivity contribution in [2.75, 3.05) is 18.1 Å². The predicted octanol–water partition coefficient (Wildman–Crippen LogP) is 3.21. The van der Waals surface area contributed by atoms with E-state index in [-0.39, 0.29) is 0 Å². The van der Waals surface area contributed by atoms with Gasteiger partial charge in [-0.1, -0.05) is 12.8 Å². The van der Waals surface area contributed by atoms with Gasteiger partial charge in [0.25, 0.3) is 0 Å². The minimum Gasteiger partial charge on any atom is -0.378 e. The molecule has 0 bridgehead atoms. The third-order valence-corrected chi connectivity index (χ3v) is 6.50. The van der Waals surface area contributed by atoms with Gasteiger partial charge in [0.15, 0.2) is 0 Å². The van der Waals surface area contributed by atoms with Gasteiger partial charge in [0.05, 0.1) is 6.10 Å². The summed E-state index contributed by atoms with van der Waals surface area (Å²) in [6.45, 7) is 3.03. The van der Waals surface area contributed by atoms with Gasteiger partial charge >= 0.3 is 0 Å². The van der Waals surface area contributed by atoms with Gasteiger partial charge in [0, 0.05) is 29.9 Å². The van der Waals surface area contributed by atoms with Crippen molar-refractivity contribution in [3.05, 3.63) is 0 Å². The zero-order chi connectivity index (χ0) is 12.4. The van der Waals surface area contributed by atoms with Gasteiger partial charge in [0.1, 0.15) is 0 Å². The lowest BCUT2D eigenvalue weighted by molar-refractivity contribution is -0.132. The molecule has 18 heavy (non-hydrogen) atoms. The van der Waals surface area contributed by atoms with Crippen LogP contribution < -0.4 is 5.32 Å². The van der Waals surface area contributed by atoms with Crippen LogP contribution in [0.5, 0.6) is 0 Å². The number of nitrogens with one attached hydrogen (secondary N) is 1. The minimum absolute atomic E-state index is 0.512. The van der Waals surface area contributed by atoms with E-state index in [1.54, 1.807) is 0 Å². The fraction of sp³-hybridized carbons (Fsp3) is 1.00. The van der Waals surface area contributed by atoms with E-state index in [0.29, 0.717) is 11.5 Å². The zero-order valence-electron chi connectivity index (χ0n) is 11.6. The summed E-state index contributed by atoms with van der Waals surface area (Å²) in [5.41, 5.74) is 0.512. The monoisotopic (exact) mass is 269 g/mol. The maximum absolute atomic E-state index is 5.99. The molecule has 0 radical (unpaired) electrons. The smallest absolute Gasteiger partial charge is 0.0661 e. The summed E-state index contributed by atoms with van der Waals surface area (Å²) >= 11 is 2.13. The Kier molecular flexibility index (Phi) is 4.21. The molecule has 3 unspecified atom stereocenters. The fourth-order valence-corrected chi connectivity index (χ4v) is 5.36. The minimum atomic E-state index is 0.512. The molecule has 1 spiro atoms. The molecule has 0 aromatic carbocycles. The molecule has 3 fully saturated rings. The summed E-state index contributed by atoms with van der Waals surface area (Å²) in [6, 6.07) is 1.52. The van der Waals surface area contributed by atoms with E-state index in [1.165, 1.54) is 56.5 Å². The average molecular weight is 269 g/mol. The van der Waals surface area contributed by atoms with Crippen LogP contribution >= 0.6 is 11.8 Å². The van der Waals surface area contributed by atoms with Gasteiger partial charge in [-0.25, -0.2) is 0 Å². The van der Waals surface area contributed by atoms with Crippen LogP contribution in [0, 0.1) is 5.41 Å². The lowest BCUT2D eigenvalue weighted by Crippen LogP contribution is -2.64. The maximum atomic E-state index is 5.99. The topological polar surface area (TPSA) is 21.3 Å². The highest BCUT2D eigenvalue weighted by Gasteiger charge is 2.56. The van der Waals surface area contributed by atoms with Crippen molar-refractivity contribution in [1.82, 2.24) is 5.32 Å². The summed E-state index contributed by atoms with van der Waals surface area (Å²) < 4.78 is 5.99. The van der Waals surface area contributed by atoms with Crippen LogP contribution in [0.25, 0.3) is 0 Å². The summed E-state index contributed by atoms with van der Waals surface area (Å²) in [7, 11) is 0. The fourth-order valence-electron chi connectivity index (χ4n) is 4.28. The molecule has 3 aliphatic rings. The highest BCUT2D eigenvalue weighted by molar-refractivity contribution is 7.99. The Morgan fingerprint density at radius 3 is 2.78 bits per heavy atom. The molecule has 1 aliphatic heterocycles. The molecule has 2 nitrogen and oxygen atoms in total. The van der Waals surface area contributed by atoms with Crippen LogP contribution in [0.2, 0.25) is 0 Å². The maximum Gasteiger partial charge on any atom is 0.0661 e. The molecule has 0 aromatic heterocycles. The van der Waals surface area contributed by atoms with E-state index < -0.39 is 0 Å². The van der Waals surface area contributed by atoms with Crippen LogP contribution in [-0.2, 0) is 4.74 Å². The molecule has 1 saturated heterocycles. The Morgan fingerprint density at radius 1 is 1.28 bits per heavy atom. The molecule has 0 amide bonds. The van der Waals surface area contributed by atoms with Crippen LogP contribution in [-0.4, -0.2) is 36.3 Å². The Morgan fingerprint density at radius 2 is 2.11 bits per heavy atom. The SMILES string of the molecule is CCOC1CC(NC2CCCSC2)C12CCCC2. The van der Waals surface area contributed by atoms with Gasteiger partial charge in [-0.15, -0.1) is 0 Å². The van der Waals surface area contributed by atoms with E-state index in [4.69, 9.17) is 4.74 Å². The Hall–Kier alpha value is 0.270. The molecular formula is C15H27NOS. The highest BCUT2D eigenvalue weighted by atomic mass is 32.2. The van der Waals surface area contributed by atoms with Crippen molar-refractivity contribution in [3.63, 3.8) is 0 Å². The van der Waals surface area contributed by atoms with Crippen molar-refractivity contribution in [3.8, 4) is 0 Å². The van der Waals surface area contributed by atoms with E-state index in [1.807, 2.05) is 0 Å². The highest BCUT2D eigenvalue weighted by Crippen LogP contribution is 2.55. The molecule has 1 heterocycles. The first-order valence-electron chi connectivity index (χ1n) is 7.80. The van der Waals surface area contributed by atoms with Gasteiger partial charge in [-0.3, -0.25) is 0 Å². The van der Waals surface area contributed by atoms with E-state index in [9.17, 15) is 0 Å². The Bertz CT molecular complexity index is 272. The number of rotatable bonds is 4. The molecule has 3 atom stereocenters. The van der Waals surface area contributed by atoms with Crippen molar-refractivity contribution in [2.45, 2.75) is 70.1 Å². The molecular weight excluding hydrogens is 242 g/mol. The largest absolute Gasteiger partial charge is 0.378 e. The van der Waals surface area contributed by atoms with Crippen LogP contribution in [0.4, 0.5) is 0 Å². The second-order valence-electron chi connectivity index (χ2n) is 6.25. The van der Waals surface area contributed by atoms with Crippen molar-refractivity contribution < 1.29 is 4.74 Å². The number of hydrogen-bond acceptors (Lipinski definition) is 3.